The van der Waals surface area contributed by atoms with Crippen molar-refractivity contribution in [3.8, 4) is 5.75 Å². The Hall–Kier alpha value is -3.35. The first-order valence-corrected chi connectivity index (χ1v) is 8.05. The molecule has 0 spiro atoms. The highest BCUT2D eigenvalue weighted by Crippen LogP contribution is 2.25. The van der Waals surface area contributed by atoms with Gasteiger partial charge in [-0.2, -0.15) is 5.10 Å². The molecular formula is C19H19N3O4. The van der Waals surface area contributed by atoms with E-state index in [2.05, 4.69) is 10.4 Å². The number of amides is 1. The Balaban J connectivity index is 1.69. The molecule has 0 unspecified atom stereocenters. The number of benzene rings is 2. The lowest BCUT2D eigenvalue weighted by atomic mass is 10.1. The Morgan fingerprint density at radius 2 is 1.85 bits per heavy atom. The zero-order valence-corrected chi connectivity index (χ0v) is 14.7. The third-order valence-corrected chi connectivity index (χ3v) is 4.19. The molecule has 1 aromatic heterocycles. The van der Waals surface area contributed by atoms with Crippen LogP contribution in [0.1, 0.15) is 21.7 Å². The van der Waals surface area contributed by atoms with Gasteiger partial charge in [0.2, 0.25) is 0 Å². The minimum absolute atomic E-state index is 0.0187. The molecule has 0 aliphatic heterocycles. The molecule has 0 aliphatic rings. The van der Waals surface area contributed by atoms with Crippen LogP contribution in [-0.2, 0) is 16.6 Å². The molecule has 0 saturated carbocycles. The summed E-state index contributed by atoms with van der Waals surface area (Å²) >= 11 is 0. The quantitative estimate of drug-likeness (QED) is 0.704. The van der Waals surface area contributed by atoms with E-state index in [1.165, 1.54) is 6.07 Å². The lowest BCUT2D eigenvalue weighted by molar-refractivity contribution is -0.119. The van der Waals surface area contributed by atoms with Crippen molar-refractivity contribution in [2.75, 3.05) is 11.9 Å². The van der Waals surface area contributed by atoms with E-state index >= 15 is 0 Å². The summed E-state index contributed by atoms with van der Waals surface area (Å²) in [6.07, 6.45) is 0. The van der Waals surface area contributed by atoms with Gasteiger partial charge in [0, 0.05) is 7.05 Å². The smallest absolute Gasteiger partial charge is 0.342 e. The van der Waals surface area contributed by atoms with Crippen LogP contribution in [-0.4, -0.2) is 33.4 Å². The highest BCUT2D eigenvalue weighted by Gasteiger charge is 2.17. The van der Waals surface area contributed by atoms with Crippen LogP contribution in [0.15, 0.2) is 36.4 Å². The Bertz CT molecular complexity index is 1010. The number of aromatic nitrogens is 2. The first-order chi connectivity index (χ1) is 12.4. The van der Waals surface area contributed by atoms with Crippen LogP contribution in [0.3, 0.4) is 0 Å². The van der Waals surface area contributed by atoms with Gasteiger partial charge in [-0.3, -0.25) is 9.48 Å². The van der Waals surface area contributed by atoms with Crippen molar-refractivity contribution in [3.05, 3.63) is 53.3 Å². The third-order valence-electron chi connectivity index (χ3n) is 4.19. The lowest BCUT2D eigenvalue weighted by Gasteiger charge is -2.09. The fraction of sp³-hybridized carbons (Fsp3) is 0.211. The summed E-state index contributed by atoms with van der Waals surface area (Å²) in [7, 11) is 1.78. The van der Waals surface area contributed by atoms with E-state index in [0.717, 1.165) is 16.5 Å². The Kier molecular flexibility index (Phi) is 4.62. The minimum Gasteiger partial charge on any atom is -0.507 e. The Morgan fingerprint density at radius 1 is 1.19 bits per heavy atom. The van der Waals surface area contributed by atoms with Gasteiger partial charge in [0.1, 0.15) is 11.3 Å². The van der Waals surface area contributed by atoms with Crippen molar-refractivity contribution in [3.63, 3.8) is 0 Å². The molecule has 0 bridgehead atoms. The first kappa shape index (κ1) is 17.5. The molecule has 7 nitrogen and oxygen atoms in total. The van der Waals surface area contributed by atoms with E-state index in [1.54, 1.807) is 24.7 Å². The number of nitrogens with zero attached hydrogens (tertiary/aromatic N) is 2. The Labute approximate surface area is 150 Å². The highest BCUT2D eigenvalue weighted by atomic mass is 16.5. The van der Waals surface area contributed by atoms with E-state index in [4.69, 9.17) is 4.74 Å². The number of aromatic hydroxyl groups is 1. The van der Waals surface area contributed by atoms with Gasteiger partial charge in [-0.05, 0) is 36.8 Å². The second kappa shape index (κ2) is 6.87. The Morgan fingerprint density at radius 3 is 2.46 bits per heavy atom. The average molecular weight is 353 g/mol. The number of carbonyl (C=O) groups is 2. The molecule has 1 heterocycles. The number of aryl methyl sites for hydroxylation is 2. The van der Waals surface area contributed by atoms with Crippen molar-refractivity contribution < 1.29 is 19.4 Å². The highest BCUT2D eigenvalue weighted by molar-refractivity contribution is 6.00. The molecule has 1 amide bonds. The maximum atomic E-state index is 12.2. The maximum absolute atomic E-state index is 12.2. The van der Waals surface area contributed by atoms with Crippen LogP contribution in [0.2, 0.25) is 0 Å². The second-order valence-corrected chi connectivity index (χ2v) is 6.01. The molecule has 2 aromatic carbocycles. The first-order valence-electron chi connectivity index (χ1n) is 8.05. The van der Waals surface area contributed by atoms with Gasteiger partial charge in [0.05, 0.1) is 17.1 Å². The van der Waals surface area contributed by atoms with Crippen LogP contribution in [0, 0.1) is 13.8 Å². The van der Waals surface area contributed by atoms with Crippen molar-refractivity contribution >= 4 is 28.3 Å². The normalized spacial score (nSPS) is 10.7. The van der Waals surface area contributed by atoms with Gasteiger partial charge < -0.3 is 15.2 Å². The van der Waals surface area contributed by atoms with Gasteiger partial charge in [-0.25, -0.2) is 4.79 Å². The number of nitrogens with one attached hydrogen (secondary N) is 1. The molecule has 0 saturated heterocycles. The number of fused-ring (bicyclic) bond motifs is 1. The van der Waals surface area contributed by atoms with Gasteiger partial charge in [-0.15, -0.1) is 0 Å². The van der Waals surface area contributed by atoms with Crippen LogP contribution < -0.4 is 5.32 Å². The number of esters is 1. The predicted molar refractivity (Wildman–Crippen MR) is 97.2 cm³/mol. The van der Waals surface area contributed by atoms with Crippen LogP contribution in [0.25, 0.3) is 10.8 Å². The zero-order chi connectivity index (χ0) is 18.8. The number of phenolic OH excluding ortho intramolecular Hbond substituents is 1. The molecular weight excluding hydrogens is 334 g/mol. The van der Waals surface area contributed by atoms with Crippen LogP contribution >= 0.6 is 0 Å². The molecule has 0 aliphatic carbocycles. The monoisotopic (exact) mass is 353 g/mol. The average Bonchev–Trinajstić information content (AvgIpc) is 2.85. The van der Waals surface area contributed by atoms with Crippen molar-refractivity contribution in [2.45, 2.75) is 13.8 Å². The van der Waals surface area contributed by atoms with E-state index in [9.17, 15) is 14.7 Å². The third kappa shape index (κ3) is 3.37. The molecule has 0 radical (unpaired) electrons. The summed E-state index contributed by atoms with van der Waals surface area (Å²) in [5.41, 5.74) is 2.10. The molecule has 3 aromatic rings. The molecule has 26 heavy (non-hydrogen) atoms. The largest absolute Gasteiger partial charge is 0.507 e. The molecule has 7 heteroatoms. The maximum Gasteiger partial charge on any atom is 0.342 e. The van der Waals surface area contributed by atoms with Gasteiger partial charge >= 0.3 is 5.97 Å². The number of ether oxygens (including phenoxy) is 1. The van der Waals surface area contributed by atoms with Gasteiger partial charge in [0.15, 0.2) is 6.61 Å². The summed E-state index contributed by atoms with van der Waals surface area (Å²) in [4.78, 5) is 24.3. The van der Waals surface area contributed by atoms with Gasteiger partial charge in [0.25, 0.3) is 5.91 Å². The van der Waals surface area contributed by atoms with E-state index in [1.807, 2.05) is 31.2 Å². The van der Waals surface area contributed by atoms with E-state index in [0.29, 0.717) is 11.4 Å². The zero-order valence-electron chi connectivity index (χ0n) is 14.7. The van der Waals surface area contributed by atoms with Crippen molar-refractivity contribution in [1.29, 1.82) is 0 Å². The van der Waals surface area contributed by atoms with Crippen molar-refractivity contribution in [2.24, 2.45) is 7.05 Å². The molecule has 0 fully saturated rings. The number of anilines is 1. The molecule has 134 valence electrons. The summed E-state index contributed by atoms with van der Waals surface area (Å²) in [5.74, 6) is -1.42. The number of hydrogen-bond acceptors (Lipinski definition) is 5. The topological polar surface area (TPSA) is 93.5 Å². The minimum atomic E-state index is -0.761. The predicted octanol–water partition coefficient (Wildman–Crippen LogP) is 2.69. The lowest BCUT2D eigenvalue weighted by Crippen LogP contribution is -2.21. The molecule has 0 atom stereocenters. The summed E-state index contributed by atoms with van der Waals surface area (Å²) in [6.45, 7) is 3.15. The van der Waals surface area contributed by atoms with Gasteiger partial charge in [-0.1, -0.05) is 24.3 Å². The number of hydrogen-bond donors (Lipinski definition) is 2. The number of rotatable bonds is 4. The summed E-state index contributed by atoms with van der Waals surface area (Å²) in [5, 5.41) is 18.5. The summed E-state index contributed by atoms with van der Waals surface area (Å²) in [6, 6.07) is 10.4. The van der Waals surface area contributed by atoms with Crippen LogP contribution in [0.5, 0.6) is 5.75 Å². The van der Waals surface area contributed by atoms with E-state index < -0.39 is 18.5 Å². The number of carbonyl (C=O) groups excluding carboxylic acids is 2. The van der Waals surface area contributed by atoms with E-state index in [-0.39, 0.29) is 11.3 Å². The van der Waals surface area contributed by atoms with Crippen molar-refractivity contribution in [1.82, 2.24) is 9.78 Å². The SMILES string of the molecule is Cc1nn(C)c(C)c1NC(=O)COC(=O)c1cc2ccccc2cc1O. The fourth-order valence-electron chi connectivity index (χ4n) is 2.73. The second-order valence-electron chi connectivity index (χ2n) is 6.01. The standard InChI is InChI=1S/C19H19N3O4/c1-11-18(12(2)22(3)21-11)20-17(24)10-26-19(25)15-8-13-6-4-5-7-14(13)9-16(15)23/h4-9,23H,10H2,1-3H3,(H,20,24). The van der Waals surface area contributed by atoms with Crippen LogP contribution in [0.4, 0.5) is 5.69 Å². The number of phenols is 1. The molecule has 2 N–H and O–H groups in total. The fourth-order valence-corrected chi connectivity index (χ4v) is 2.73. The molecule has 3 rings (SSSR count). The summed E-state index contributed by atoms with van der Waals surface area (Å²) < 4.78 is 6.70.